The highest BCUT2D eigenvalue weighted by molar-refractivity contribution is 5.40. The Balaban J connectivity index is 2.47. The number of ether oxygens (including phenoxy) is 1. The van der Waals surface area contributed by atoms with E-state index in [1.54, 1.807) is 17.0 Å². The molecular weight excluding hydrogens is 235 g/mol. The first-order valence-corrected chi connectivity index (χ1v) is 5.43. The molecule has 1 aromatic carbocycles. The first-order valence-electron chi connectivity index (χ1n) is 5.43. The van der Waals surface area contributed by atoms with Crippen LogP contribution in [0.5, 0.6) is 5.75 Å². The zero-order valence-electron chi connectivity index (χ0n) is 10.2. The number of hydrogen-bond acceptors (Lipinski definition) is 4. The second-order valence-corrected chi connectivity index (χ2v) is 3.95. The van der Waals surface area contributed by atoms with E-state index < -0.39 is 6.04 Å². The molecule has 0 amide bonds. The summed E-state index contributed by atoms with van der Waals surface area (Å²) in [6.45, 7) is 0. The average molecular weight is 250 g/mol. The van der Waals surface area contributed by atoms with E-state index >= 15 is 0 Å². The Labute approximate surface area is 104 Å². The number of aromatic nitrogens is 2. The molecule has 1 aromatic heterocycles. The molecule has 0 fully saturated rings. The number of hydrazine groups is 1. The normalized spacial score (nSPS) is 12.4. The van der Waals surface area contributed by atoms with E-state index in [0.29, 0.717) is 17.0 Å². The smallest absolute Gasteiger partial charge is 0.124 e. The van der Waals surface area contributed by atoms with E-state index in [4.69, 9.17) is 10.6 Å². The van der Waals surface area contributed by atoms with Crippen LogP contribution in [0.25, 0.3) is 0 Å². The zero-order chi connectivity index (χ0) is 13.1. The minimum absolute atomic E-state index is 0.345. The molecule has 5 nitrogen and oxygen atoms in total. The van der Waals surface area contributed by atoms with E-state index in [9.17, 15) is 4.39 Å². The molecule has 0 spiro atoms. The van der Waals surface area contributed by atoms with Gasteiger partial charge in [-0.2, -0.15) is 0 Å². The average Bonchev–Trinajstić information content (AvgIpc) is 2.77. The number of imidazole rings is 1. The summed E-state index contributed by atoms with van der Waals surface area (Å²) in [5, 5.41) is 0. The van der Waals surface area contributed by atoms with E-state index in [0.717, 1.165) is 0 Å². The van der Waals surface area contributed by atoms with Crippen LogP contribution in [0.4, 0.5) is 4.39 Å². The molecule has 0 bridgehead atoms. The van der Waals surface area contributed by atoms with Crippen LogP contribution in [-0.2, 0) is 7.05 Å². The van der Waals surface area contributed by atoms with Crippen LogP contribution >= 0.6 is 0 Å². The van der Waals surface area contributed by atoms with E-state index in [2.05, 4.69) is 10.4 Å². The molecule has 6 heteroatoms. The molecule has 0 radical (unpaired) electrons. The molecule has 96 valence electrons. The number of benzene rings is 1. The summed E-state index contributed by atoms with van der Waals surface area (Å²) in [7, 11) is 3.38. The van der Waals surface area contributed by atoms with Gasteiger partial charge in [0.25, 0.3) is 0 Å². The topological polar surface area (TPSA) is 65.1 Å². The Morgan fingerprint density at radius 2 is 2.28 bits per heavy atom. The minimum atomic E-state index is -0.420. The van der Waals surface area contributed by atoms with E-state index in [1.165, 1.54) is 19.2 Å². The Bertz CT molecular complexity index is 541. The molecule has 0 aliphatic rings. The Morgan fingerprint density at radius 1 is 1.50 bits per heavy atom. The lowest BCUT2D eigenvalue weighted by atomic mass is 10.0. The number of aryl methyl sites for hydroxylation is 1. The highest BCUT2D eigenvalue weighted by Crippen LogP contribution is 2.29. The lowest BCUT2D eigenvalue weighted by Gasteiger charge is -2.17. The summed E-state index contributed by atoms with van der Waals surface area (Å²) in [5.41, 5.74) is 3.94. The van der Waals surface area contributed by atoms with Gasteiger partial charge in [0.05, 0.1) is 25.2 Å². The molecule has 0 aliphatic heterocycles. The van der Waals surface area contributed by atoms with Crippen LogP contribution in [0.1, 0.15) is 17.3 Å². The second-order valence-electron chi connectivity index (χ2n) is 3.95. The van der Waals surface area contributed by atoms with Crippen LogP contribution in [0.2, 0.25) is 0 Å². The van der Waals surface area contributed by atoms with Gasteiger partial charge in [0.1, 0.15) is 11.6 Å². The van der Waals surface area contributed by atoms with Crippen molar-refractivity contribution >= 4 is 0 Å². The third kappa shape index (κ3) is 2.34. The molecule has 1 heterocycles. The number of nitrogens with zero attached hydrogens (tertiary/aromatic N) is 2. The maximum Gasteiger partial charge on any atom is 0.124 e. The lowest BCUT2D eigenvalue weighted by molar-refractivity contribution is 0.402. The third-order valence-corrected chi connectivity index (χ3v) is 2.69. The predicted molar refractivity (Wildman–Crippen MR) is 65.3 cm³/mol. The summed E-state index contributed by atoms with van der Waals surface area (Å²) in [4.78, 5) is 4.21. The summed E-state index contributed by atoms with van der Waals surface area (Å²) >= 11 is 0. The van der Waals surface area contributed by atoms with Crippen molar-refractivity contribution in [3.8, 4) is 5.75 Å². The number of nitrogens with one attached hydrogen (secondary N) is 1. The summed E-state index contributed by atoms with van der Waals surface area (Å²) < 4.78 is 20.4. The maximum absolute atomic E-state index is 13.4. The number of halogens is 1. The van der Waals surface area contributed by atoms with Gasteiger partial charge in [-0.3, -0.25) is 5.84 Å². The van der Waals surface area contributed by atoms with Gasteiger partial charge < -0.3 is 9.30 Å². The van der Waals surface area contributed by atoms with Crippen molar-refractivity contribution in [2.45, 2.75) is 6.04 Å². The second kappa shape index (κ2) is 5.16. The van der Waals surface area contributed by atoms with Gasteiger partial charge in [-0.25, -0.2) is 14.8 Å². The number of methoxy groups -OCH3 is 1. The monoisotopic (exact) mass is 250 g/mol. The van der Waals surface area contributed by atoms with Crippen molar-refractivity contribution in [2.75, 3.05) is 7.11 Å². The Hall–Kier alpha value is -1.92. The van der Waals surface area contributed by atoms with Crippen molar-refractivity contribution in [3.63, 3.8) is 0 Å². The minimum Gasteiger partial charge on any atom is -0.496 e. The molecule has 0 aliphatic carbocycles. The number of hydrogen-bond donors (Lipinski definition) is 2. The van der Waals surface area contributed by atoms with Crippen molar-refractivity contribution in [1.82, 2.24) is 15.0 Å². The van der Waals surface area contributed by atoms with Crippen LogP contribution in [0, 0.1) is 5.82 Å². The van der Waals surface area contributed by atoms with Gasteiger partial charge in [0.15, 0.2) is 0 Å². The summed E-state index contributed by atoms with van der Waals surface area (Å²) in [6, 6.07) is 3.88. The van der Waals surface area contributed by atoms with Gasteiger partial charge in [-0.1, -0.05) is 0 Å². The summed E-state index contributed by atoms with van der Waals surface area (Å²) in [5.74, 6) is 5.76. The van der Waals surface area contributed by atoms with Gasteiger partial charge in [0.2, 0.25) is 0 Å². The molecule has 3 N–H and O–H groups in total. The van der Waals surface area contributed by atoms with Gasteiger partial charge in [0, 0.05) is 18.8 Å². The van der Waals surface area contributed by atoms with E-state index in [-0.39, 0.29) is 5.82 Å². The molecule has 1 unspecified atom stereocenters. The predicted octanol–water partition coefficient (Wildman–Crippen LogP) is 1.12. The fourth-order valence-corrected chi connectivity index (χ4v) is 1.85. The molecule has 1 atom stereocenters. The van der Waals surface area contributed by atoms with E-state index in [1.807, 2.05) is 13.2 Å². The molecule has 18 heavy (non-hydrogen) atoms. The zero-order valence-corrected chi connectivity index (χ0v) is 10.2. The summed E-state index contributed by atoms with van der Waals surface area (Å²) in [6.07, 6.45) is 3.47. The standard InChI is InChI=1S/C12H15FN4O/c1-17-6-10(15-7-17)12(16-14)9-5-8(13)3-4-11(9)18-2/h3-7,12,16H,14H2,1-2H3. The Kier molecular flexibility index (Phi) is 3.59. The maximum atomic E-state index is 13.4. The first-order chi connectivity index (χ1) is 8.65. The van der Waals surface area contributed by atoms with Gasteiger partial charge in [-0.05, 0) is 18.2 Å². The van der Waals surface area contributed by atoms with Crippen molar-refractivity contribution in [3.05, 3.63) is 47.8 Å². The molecule has 0 saturated heterocycles. The van der Waals surface area contributed by atoms with Crippen molar-refractivity contribution in [1.29, 1.82) is 0 Å². The fourth-order valence-electron chi connectivity index (χ4n) is 1.85. The molecule has 0 saturated carbocycles. The lowest BCUT2D eigenvalue weighted by Crippen LogP contribution is -2.29. The third-order valence-electron chi connectivity index (χ3n) is 2.69. The quantitative estimate of drug-likeness (QED) is 0.630. The number of rotatable bonds is 4. The first kappa shape index (κ1) is 12.5. The van der Waals surface area contributed by atoms with Gasteiger partial charge in [-0.15, -0.1) is 0 Å². The van der Waals surface area contributed by atoms with Crippen molar-refractivity contribution in [2.24, 2.45) is 12.9 Å². The SMILES string of the molecule is COc1ccc(F)cc1C(NN)c1cn(C)cn1. The molecule has 2 rings (SSSR count). The van der Waals surface area contributed by atoms with Gasteiger partial charge >= 0.3 is 0 Å². The number of nitrogens with two attached hydrogens (primary N) is 1. The molecule has 2 aromatic rings. The fraction of sp³-hybridized carbons (Fsp3) is 0.250. The van der Waals surface area contributed by atoms with Crippen LogP contribution in [-0.4, -0.2) is 16.7 Å². The largest absolute Gasteiger partial charge is 0.496 e. The highest BCUT2D eigenvalue weighted by Gasteiger charge is 2.19. The van der Waals surface area contributed by atoms with Crippen LogP contribution in [0.3, 0.4) is 0 Å². The van der Waals surface area contributed by atoms with Crippen molar-refractivity contribution < 1.29 is 9.13 Å². The Morgan fingerprint density at radius 3 is 2.83 bits per heavy atom. The molecular formula is C12H15FN4O. The van der Waals surface area contributed by atoms with Crippen LogP contribution < -0.4 is 16.0 Å². The highest BCUT2D eigenvalue weighted by atomic mass is 19.1. The van der Waals surface area contributed by atoms with Crippen LogP contribution in [0.15, 0.2) is 30.7 Å².